The zero-order valence-corrected chi connectivity index (χ0v) is 20.5. The number of carbonyl (C=O) groups excluding carboxylic acids is 2. The van der Waals surface area contributed by atoms with Crippen LogP contribution in [0.5, 0.6) is 0 Å². The molecule has 0 spiro atoms. The van der Waals surface area contributed by atoms with Crippen LogP contribution in [-0.4, -0.2) is 65.5 Å². The Morgan fingerprint density at radius 3 is 1.39 bits per heavy atom. The summed E-state index contributed by atoms with van der Waals surface area (Å²) in [6.45, 7) is 0. The lowest BCUT2D eigenvalue weighted by Crippen LogP contribution is -2.22. The Hall–Kier alpha value is -2.80. The first kappa shape index (κ1) is 26.5. The summed E-state index contributed by atoms with van der Waals surface area (Å²) < 4.78 is 51.0. The van der Waals surface area contributed by atoms with E-state index in [2.05, 4.69) is 10.6 Å². The van der Waals surface area contributed by atoms with E-state index in [1.165, 1.54) is 64.6 Å². The molecule has 0 atom stereocenters. The molecule has 10 nitrogen and oxygen atoms in total. The summed E-state index contributed by atoms with van der Waals surface area (Å²) in [5.41, 5.74) is 0.678. The van der Waals surface area contributed by atoms with Crippen LogP contribution < -0.4 is 10.6 Å². The summed E-state index contributed by atoms with van der Waals surface area (Å²) in [6, 6.07) is 11.8. The molecule has 2 rings (SSSR count). The standard InChI is InChI=1S/C21H28N4O6S2/c1-24(2)32(28,29)18-10-5-8-16(14-18)22-20(26)12-7-13-21(27)23-17-9-6-11-19(15-17)33(30,31)25(3)4/h5-6,8-11,14-15H,7,12-13H2,1-4H3,(H,22,26)(H,23,27). The molecule has 0 saturated carbocycles. The minimum absolute atomic E-state index is 0.0487. The number of nitrogens with one attached hydrogen (secondary N) is 2. The number of anilines is 2. The number of hydrogen-bond donors (Lipinski definition) is 2. The summed E-state index contributed by atoms with van der Waals surface area (Å²) in [5, 5.41) is 5.25. The fraction of sp³-hybridized carbons (Fsp3) is 0.333. The second-order valence-corrected chi connectivity index (χ2v) is 11.9. The summed E-state index contributed by atoms with van der Waals surface area (Å²) in [4.78, 5) is 24.5. The molecule has 2 aromatic rings. The number of rotatable bonds is 10. The summed E-state index contributed by atoms with van der Waals surface area (Å²) in [6.07, 6.45) is 0.350. The monoisotopic (exact) mass is 496 g/mol. The molecular formula is C21H28N4O6S2. The topological polar surface area (TPSA) is 133 Å². The Balaban J connectivity index is 1.89. The van der Waals surface area contributed by atoms with Crippen LogP contribution >= 0.6 is 0 Å². The van der Waals surface area contributed by atoms with Crippen LogP contribution in [0.2, 0.25) is 0 Å². The summed E-state index contributed by atoms with van der Waals surface area (Å²) in [7, 11) is -1.56. The normalized spacial score (nSPS) is 12.1. The van der Waals surface area contributed by atoms with Gasteiger partial charge >= 0.3 is 0 Å². The first-order valence-corrected chi connectivity index (χ1v) is 12.9. The van der Waals surface area contributed by atoms with Crippen molar-refractivity contribution >= 4 is 43.2 Å². The second kappa shape index (κ2) is 10.9. The molecule has 0 heterocycles. The first-order chi connectivity index (χ1) is 15.3. The Labute approximate surface area is 194 Å². The van der Waals surface area contributed by atoms with Crippen molar-refractivity contribution in [2.45, 2.75) is 29.1 Å². The van der Waals surface area contributed by atoms with Crippen LogP contribution in [0, 0.1) is 0 Å². The minimum atomic E-state index is -3.62. The summed E-state index contributed by atoms with van der Waals surface area (Å²) >= 11 is 0. The number of carbonyl (C=O) groups is 2. The number of benzene rings is 2. The molecule has 2 amide bonds. The first-order valence-electron chi connectivity index (χ1n) is 9.99. The molecular weight excluding hydrogens is 468 g/mol. The third-order valence-electron chi connectivity index (χ3n) is 4.60. The SMILES string of the molecule is CN(C)S(=O)(=O)c1cccc(NC(=O)CCCC(=O)Nc2cccc(S(=O)(=O)N(C)C)c2)c1. The van der Waals surface area contributed by atoms with Crippen molar-refractivity contribution < 1.29 is 26.4 Å². The average Bonchev–Trinajstić information content (AvgIpc) is 2.73. The lowest BCUT2D eigenvalue weighted by molar-refractivity contribution is -0.117. The Kier molecular flexibility index (Phi) is 8.72. The van der Waals surface area contributed by atoms with Crippen LogP contribution in [0.4, 0.5) is 11.4 Å². The third kappa shape index (κ3) is 7.09. The van der Waals surface area contributed by atoms with E-state index in [9.17, 15) is 26.4 Å². The predicted octanol–water partition coefficient (Wildman–Crippen LogP) is 1.93. The fourth-order valence-corrected chi connectivity index (χ4v) is 4.64. The van der Waals surface area contributed by atoms with Gasteiger partial charge in [-0.3, -0.25) is 9.59 Å². The lowest BCUT2D eigenvalue weighted by Gasteiger charge is -2.13. The van der Waals surface area contributed by atoms with Gasteiger partial charge in [0.05, 0.1) is 9.79 Å². The molecule has 0 saturated heterocycles. The predicted molar refractivity (Wildman–Crippen MR) is 126 cm³/mol. The van der Waals surface area contributed by atoms with Gasteiger partial charge in [0.15, 0.2) is 0 Å². The maximum atomic E-state index is 12.2. The van der Waals surface area contributed by atoms with Gasteiger partial charge in [-0.2, -0.15) is 0 Å². The summed E-state index contributed by atoms with van der Waals surface area (Å²) in [5.74, 6) is -0.720. The highest BCUT2D eigenvalue weighted by atomic mass is 32.2. The van der Waals surface area contributed by atoms with E-state index in [0.29, 0.717) is 11.4 Å². The molecule has 0 aliphatic heterocycles. The van der Waals surface area contributed by atoms with E-state index in [-0.39, 0.29) is 40.9 Å². The quantitative estimate of drug-likeness (QED) is 0.516. The minimum Gasteiger partial charge on any atom is -0.326 e. The third-order valence-corrected chi connectivity index (χ3v) is 8.22. The molecule has 0 aromatic heterocycles. The molecule has 0 aliphatic rings. The molecule has 2 N–H and O–H groups in total. The van der Waals surface area contributed by atoms with Crippen molar-refractivity contribution in [3.8, 4) is 0 Å². The Morgan fingerprint density at radius 1 is 0.697 bits per heavy atom. The smallest absolute Gasteiger partial charge is 0.242 e. The Morgan fingerprint density at radius 2 is 1.06 bits per heavy atom. The maximum Gasteiger partial charge on any atom is 0.242 e. The van der Waals surface area contributed by atoms with Crippen molar-refractivity contribution in [2.24, 2.45) is 0 Å². The van der Waals surface area contributed by atoms with Crippen LogP contribution in [0.3, 0.4) is 0 Å². The van der Waals surface area contributed by atoms with Crippen LogP contribution in [0.25, 0.3) is 0 Å². The number of hydrogen-bond acceptors (Lipinski definition) is 6. The van der Waals surface area contributed by atoms with E-state index in [1.807, 2.05) is 0 Å². The number of sulfonamides is 2. The highest BCUT2D eigenvalue weighted by Gasteiger charge is 2.19. The van der Waals surface area contributed by atoms with Gasteiger partial charge in [0.1, 0.15) is 0 Å². The van der Waals surface area contributed by atoms with Gasteiger partial charge in [-0.1, -0.05) is 12.1 Å². The van der Waals surface area contributed by atoms with E-state index in [1.54, 1.807) is 12.1 Å². The van der Waals surface area contributed by atoms with Crippen LogP contribution in [0.1, 0.15) is 19.3 Å². The second-order valence-electron chi connectivity index (χ2n) is 7.58. The van der Waals surface area contributed by atoms with E-state index >= 15 is 0 Å². The average molecular weight is 497 g/mol. The van der Waals surface area contributed by atoms with E-state index < -0.39 is 20.0 Å². The zero-order chi connectivity index (χ0) is 24.8. The van der Waals surface area contributed by atoms with Crippen molar-refractivity contribution in [2.75, 3.05) is 38.8 Å². The van der Waals surface area contributed by atoms with Gasteiger partial charge < -0.3 is 10.6 Å². The van der Waals surface area contributed by atoms with Gasteiger partial charge in [-0.25, -0.2) is 25.4 Å². The highest BCUT2D eigenvalue weighted by Crippen LogP contribution is 2.19. The fourth-order valence-electron chi connectivity index (χ4n) is 2.75. The number of nitrogens with zero attached hydrogens (tertiary/aromatic N) is 2. The zero-order valence-electron chi connectivity index (χ0n) is 18.9. The highest BCUT2D eigenvalue weighted by molar-refractivity contribution is 7.89. The molecule has 2 aromatic carbocycles. The van der Waals surface area contributed by atoms with Crippen molar-refractivity contribution in [1.29, 1.82) is 0 Å². The largest absolute Gasteiger partial charge is 0.326 e. The molecule has 180 valence electrons. The molecule has 12 heteroatoms. The molecule has 0 aliphatic carbocycles. The van der Waals surface area contributed by atoms with Gasteiger partial charge in [0.25, 0.3) is 0 Å². The van der Waals surface area contributed by atoms with Gasteiger partial charge in [-0.15, -0.1) is 0 Å². The Bertz CT molecular complexity index is 1130. The molecule has 33 heavy (non-hydrogen) atoms. The lowest BCUT2D eigenvalue weighted by atomic mass is 10.2. The van der Waals surface area contributed by atoms with E-state index in [0.717, 1.165) is 8.61 Å². The maximum absolute atomic E-state index is 12.2. The van der Waals surface area contributed by atoms with Gasteiger partial charge in [0.2, 0.25) is 31.9 Å². The van der Waals surface area contributed by atoms with Gasteiger partial charge in [-0.05, 0) is 42.8 Å². The molecule has 0 radical (unpaired) electrons. The molecule has 0 unspecified atom stereocenters. The van der Waals surface area contributed by atoms with Crippen LogP contribution in [-0.2, 0) is 29.6 Å². The van der Waals surface area contributed by atoms with Gasteiger partial charge in [0, 0.05) is 52.4 Å². The molecule has 0 fully saturated rings. The number of amides is 2. The van der Waals surface area contributed by atoms with Crippen molar-refractivity contribution in [1.82, 2.24) is 8.61 Å². The van der Waals surface area contributed by atoms with Crippen LogP contribution in [0.15, 0.2) is 58.3 Å². The van der Waals surface area contributed by atoms with Crippen molar-refractivity contribution in [3.05, 3.63) is 48.5 Å². The van der Waals surface area contributed by atoms with Crippen molar-refractivity contribution in [3.63, 3.8) is 0 Å². The molecule has 0 bridgehead atoms. The van der Waals surface area contributed by atoms with E-state index in [4.69, 9.17) is 0 Å².